The molecule has 0 radical (unpaired) electrons. The third kappa shape index (κ3) is 3.51. The van der Waals surface area contributed by atoms with Crippen molar-refractivity contribution in [1.29, 1.82) is 0 Å². The number of hydrogen-bond acceptors (Lipinski definition) is 5. The van der Waals surface area contributed by atoms with Gasteiger partial charge in [0.25, 0.3) is 5.91 Å². The minimum atomic E-state index is 0.0105. The first-order chi connectivity index (χ1) is 13.5. The largest absolute Gasteiger partial charge is 0.496 e. The van der Waals surface area contributed by atoms with Gasteiger partial charge in [0.05, 0.1) is 12.0 Å². The first kappa shape index (κ1) is 19.3. The highest BCUT2D eigenvalue weighted by atomic mass is 32.2. The van der Waals surface area contributed by atoms with E-state index in [9.17, 15) is 4.79 Å². The van der Waals surface area contributed by atoms with Crippen LogP contribution >= 0.6 is 24.0 Å². The van der Waals surface area contributed by atoms with E-state index in [1.165, 1.54) is 24.6 Å². The number of furan rings is 1. The molecule has 1 saturated heterocycles. The molecule has 1 saturated carbocycles. The van der Waals surface area contributed by atoms with E-state index in [2.05, 4.69) is 6.07 Å². The van der Waals surface area contributed by atoms with Gasteiger partial charge in [-0.1, -0.05) is 36.8 Å². The van der Waals surface area contributed by atoms with Crippen molar-refractivity contribution >= 4 is 40.3 Å². The first-order valence-electron chi connectivity index (χ1n) is 9.50. The number of carbonyl (C=O) groups excluding carboxylic acids is 1. The van der Waals surface area contributed by atoms with E-state index < -0.39 is 0 Å². The lowest BCUT2D eigenvalue weighted by atomic mass is 10.0. The normalized spacial score (nSPS) is 19.2. The van der Waals surface area contributed by atoms with Crippen LogP contribution in [0, 0.1) is 13.8 Å². The van der Waals surface area contributed by atoms with Crippen LogP contribution in [0.5, 0.6) is 5.75 Å². The highest BCUT2D eigenvalue weighted by Crippen LogP contribution is 2.38. The maximum Gasteiger partial charge on any atom is 0.266 e. The molecule has 1 amide bonds. The van der Waals surface area contributed by atoms with Gasteiger partial charge < -0.3 is 9.15 Å². The standard InChI is InChI=1S/C22H23NO3S2/c1-13-11-19(25-3)14(2)10-17(13)18-9-8-16(26-18)12-20-21(24)23(22(27)28-20)15-6-4-5-7-15/h8-12,15H,4-7H2,1-3H3/b20-12-. The van der Waals surface area contributed by atoms with Crippen molar-refractivity contribution in [3.8, 4) is 17.1 Å². The van der Waals surface area contributed by atoms with Crippen LogP contribution in [0.3, 0.4) is 0 Å². The van der Waals surface area contributed by atoms with Gasteiger partial charge in [-0.2, -0.15) is 0 Å². The molecule has 2 aliphatic rings. The summed E-state index contributed by atoms with van der Waals surface area (Å²) in [6, 6.07) is 8.18. The fourth-order valence-corrected chi connectivity index (χ4v) is 5.32. The van der Waals surface area contributed by atoms with Crippen molar-refractivity contribution < 1.29 is 13.9 Å². The number of benzene rings is 1. The number of aryl methyl sites for hydroxylation is 2. The Labute approximate surface area is 174 Å². The summed E-state index contributed by atoms with van der Waals surface area (Å²) >= 11 is 6.84. The fraction of sp³-hybridized carbons (Fsp3) is 0.364. The van der Waals surface area contributed by atoms with Crippen LogP contribution in [-0.2, 0) is 4.79 Å². The van der Waals surface area contributed by atoms with Gasteiger partial charge >= 0.3 is 0 Å². The van der Waals surface area contributed by atoms with Gasteiger partial charge in [0, 0.05) is 17.7 Å². The van der Waals surface area contributed by atoms with Crippen molar-refractivity contribution in [3.05, 3.63) is 46.1 Å². The zero-order valence-electron chi connectivity index (χ0n) is 16.3. The average molecular weight is 414 g/mol. The summed E-state index contributed by atoms with van der Waals surface area (Å²) in [6.45, 7) is 4.05. The summed E-state index contributed by atoms with van der Waals surface area (Å²) in [4.78, 5) is 15.3. The predicted molar refractivity (Wildman–Crippen MR) is 117 cm³/mol. The Hall–Kier alpha value is -2.05. The molecule has 4 nitrogen and oxygen atoms in total. The minimum Gasteiger partial charge on any atom is -0.496 e. The van der Waals surface area contributed by atoms with Crippen LogP contribution in [0.4, 0.5) is 0 Å². The molecular formula is C22H23NO3S2. The van der Waals surface area contributed by atoms with E-state index in [1.807, 2.05) is 38.1 Å². The maximum atomic E-state index is 12.8. The summed E-state index contributed by atoms with van der Waals surface area (Å²) in [5, 5.41) is 0. The molecule has 0 unspecified atom stereocenters. The van der Waals surface area contributed by atoms with Crippen molar-refractivity contribution in [2.24, 2.45) is 0 Å². The number of methoxy groups -OCH3 is 1. The monoisotopic (exact) mass is 413 g/mol. The molecule has 1 aliphatic carbocycles. The summed E-state index contributed by atoms with van der Waals surface area (Å²) < 4.78 is 12.1. The van der Waals surface area contributed by atoms with Crippen LogP contribution in [0.25, 0.3) is 17.4 Å². The highest BCUT2D eigenvalue weighted by molar-refractivity contribution is 8.26. The Bertz CT molecular complexity index is 970. The molecule has 2 fully saturated rings. The van der Waals surface area contributed by atoms with Gasteiger partial charge in [-0.05, 0) is 62.1 Å². The van der Waals surface area contributed by atoms with Crippen LogP contribution in [0.15, 0.2) is 33.6 Å². The molecule has 1 aromatic carbocycles. The van der Waals surface area contributed by atoms with Gasteiger partial charge in [-0.15, -0.1) is 0 Å². The van der Waals surface area contributed by atoms with Crippen molar-refractivity contribution in [3.63, 3.8) is 0 Å². The molecule has 0 atom stereocenters. The van der Waals surface area contributed by atoms with E-state index in [4.69, 9.17) is 21.4 Å². The van der Waals surface area contributed by atoms with E-state index >= 15 is 0 Å². The molecular weight excluding hydrogens is 390 g/mol. The fourth-order valence-electron chi connectivity index (χ4n) is 3.94. The SMILES string of the molecule is COc1cc(C)c(-c2ccc(/C=C3\SC(=S)N(C4CCCC4)C3=O)o2)cc1C. The molecule has 2 heterocycles. The van der Waals surface area contributed by atoms with Crippen LogP contribution < -0.4 is 4.74 Å². The molecule has 0 bridgehead atoms. The third-order valence-corrected chi connectivity index (χ3v) is 6.75. The Morgan fingerprint density at radius 2 is 1.96 bits per heavy atom. The molecule has 28 heavy (non-hydrogen) atoms. The summed E-state index contributed by atoms with van der Waals surface area (Å²) in [5.74, 6) is 2.32. The Morgan fingerprint density at radius 3 is 2.68 bits per heavy atom. The second kappa shape index (κ2) is 7.76. The predicted octanol–water partition coefficient (Wildman–Crippen LogP) is 5.72. The quantitative estimate of drug-likeness (QED) is 0.474. The molecule has 0 N–H and O–H groups in total. The molecule has 146 valence electrons. The third-order valence-electron chi connectivity index (χ3n) is 5.42. The lowest BCUT2D eigenvalue weighted by Gasteiger charge is -2.21. The van der Waals surface area contributed by atoms with Gasteiger partial charge in [0.1, 0.15) is 21.6 Å². The smallest absolute Gasteiger partial charge is 0.266 e. The van der Waals surface area contributed by atoms with Gasteiger partial charge in [0.2, 0.25) is 0 Å². The molecule has 4 rings (SSSR count). The van der Waals surface area contributed by atoms with E-state index in [1.54, 1.807) is 12.0 Å². The number of nitrogens with zero attached hydrogens (tertiary/aromatic N) is 1. The zero-order chi connectivity index (χ0) is 19.8. The average Bonchev–Trinajstić information content (AvgIpc) is 3.39. The summed E-state index contributed by atoms with van der Waals surface area (Å²) in [7, 11) is 1.67. The van der Waals surface area contributed by atoms with E-state index in [0.29, 0.717) is 15.0 Å². The van der Waals surface area contributed by atoms with E-state index in [0.717, 1.165) is 41.0 Å². The number of rotatable bonds is 4. The van der Waals surface area contributed by atoms with Crippen molar-refractivity contribution in [2.45, 2.75) is 45.6 Å². The first-order valence-corrected chi connectivity index (χ1v) is 10.7. The van der Waals surface area contributed by atoms with Gasteiger partial charge in [-0.25, -0.2) is 0 Å². The zero-order valence-corrected chi connectivity index (χ0v) is 17.9. The maximum absolute atomic E-state index is 12.8. The van der Waals surface area contributed by atoms with Crippen molar-refractivity contribution in [2.75, 3.05) is 7.11 Å². The van der Waals surface area contributed by atoms with Crippen LogP contribution in [0.2, 0.25) is 0 Å². The summed E-state index contributed by atoms with van der Waals surface area (Å²) in [5.41, 5.74) is 3.16. The van der Waals surface area contributed by atoms with E-state index in [-0.39, 0.29) is 11.9 Å². The Kier molecular flexibility index (Phi) is 5.34. The lowest BCUT2D eigenvalue weighted by molar-refractivity contribution is -0.123. The number of thioether (sulfide) groups is 1. The molecule has 1 aromatic heterocycles. The number of ether oxygens (including phenoxy) is 1. The molecule has 1 aliphatic heterocycles. The number of amides is 1. The Morgan fingerprint density at radius 1 is 1.21 bits per heavy atom. The Balaban J connectivity index is 1.59. The number of carbonyl (C=O) groups is 1. The number of thiocarbonyl (C=S) groups is 1. The molecule has 6 heteroatoms. The van der Waals surface area contributed by atoms with Gasteiger partial charge in [0.15, 0.2) is 0 Å². The lowest BCUT2D eigenvalue weighted by Crippen LogP contribution is -2.36. The minimum absolute atomic E-state index is 0.0105. The van der Waals surface area contributed by atoms with Crippen LogP contribution in [-0.4, -0.2) is 28.3 Å². The second-order valence-electron chi connectivity index (χ2n) is 7.33. The van der Waals surface area contributed by atoms with Gasteiger partial charge in [-0.3, -0.25) is 9.69 Å². The topological polar surface area (TPSA) is 42.7 Å². The highest BCUT2D eigenvalue weighted by Gasteiger charge is 2.38. The summed E-state index contributed by atoms with van der Waals surface area (Å²) in [6.07, 6.45) is 6.23. The second-order valence-corrected chi connectivity index (χ2v) is 9.00. The number of hydrogen-bond donors (Lipinski definition) is 0. The van der Waals surface area contributed by atoms with Crippen LogP contribution in [0.1, 0.15) is 42.6 Å². The molecule has 0 spiro atoms. The van der Waals surface area contributed by atoms with Crippen molar-refractivity contribution in [1.82, 2.24) is 4.90 Å². The molecule has 2 aromatic rings.